The number of carbonyl (C=O) groups excluding carboxylic acids is 1. The van der Waals surface area contributed by atoms with Gasteiger partial charge in [-0.15, -0.1) is 0 Å². The number of rotatable bonds is 3. The summed E-state index contributed by atoms with van der Waals surface area (Å²) in [5.41, 5.74) is 0.693. The zero-order valence-corrected chi connectivity index (χ0v) is 9.32. The number of hydrogen-bond acceptors (Lipinski definition) is 5. The van der Waals surface area contributed by atoms with Gasteiger partial charge in [-0.05, 0) is 6.92 Å². The Bertz CT molecular complexity index is 377. The third-order valence-electron chi connectivity index (χ3n) is 2.63. The van der Waals surface area contributed by atoms with Crippen molar-refractivity contribution in [3.63, 3.8) is 0 Å². The van der Waals surface area contributed by atoms with Gasteiger partial charge in [0.25, 0.3) is 5.91 Å². The minimum Gasteiger partial charge on any atom is -0.378 e. The number of ether oxygens (including phenoxy) is 1. The molecule has 1 saturated heterocycles. The highest BCUT2D eigenvalue weighted by Crippen LogP contribution is 2.07. The second kappa shape index (κ2) is 4.63. The average Bonchev–Trinajstić information content (AvgIpc) is 2.86. The average molecular weight is 225 g/mol. The van der Waals surface area contributed by atoms with E-state index in [1.807, 2.05) is 0 Å². The van der Waals surface area contributed by atoms with Gasteiger partial charge in [0.1, 0.15) is 0 Å². The molecule has 6 nitrogen and oxygen atoms in total. The molecule has 16 heavy (non-hydrogen) atoms. The van der Waals surface area contributed by atoms with E-state index in [1.54, 1.807) is 20.1 Å². The Kier molecular flexibility index (Phi) is 3.21. The van der Waals surface area contributed by atoms with Gasteiger partial charge in [0, 0.05) is 26.3 Å². The third-order valence-corrected chi connectivity index (χ3v) is 2.63. The van der Waals surface area contributed by atoms with Crippen LogP contribution in [-0.4, -0.2) is 43.4 Å². The number of aryl methyl sites for hydroxylation is 1. The lowest BCUT2D eigenvalue weighted by Gasteiger charge is -2.17. The monoisotopic (exact) mass is 225 g/mol. The van der Waals surface area contributed by atoms with Crippen molar-refractivity contribution in [1.29, 1.82) is 0 Å². The molecule has 0 aromatic carbocycles. The van der Waals surface area contributed by atoms with E-state index in [-0.39, 0.29) is 23.8 Å². The highest BCUT2D eigenvalue weighted by molar-refractivity contribution is 5.91. The fraction of sp³-hybridized carbons (Fsp3) is 0.600. The quantitative estimate of drug-likeness (QED) is 0.738. The first kappa shape index (κ1) is 11.1. The van der Waals surface area contributed by atoms with Gasteiger partial charge in [0.2, 0.25) is 5.76 Å². The molecule has 1 aromatic heterocycles. The van der Waals surface area contributed by atoms with Crippen LogP contribution in [0, 0.1) is 6.92 Å². The maximum absolute atomic E-state index is 11.7. The Labute approximate surface area is 93.3 Å². The Hall–Kier alpha value is -1.40. The highest BCUT2D eigenvalue weighted by Gasteiger charge is 2.29. The lowest BCUT2D eigenvalue weighted by molar-refractivity contribution is 0.0754. The molecule has 6 heteroatoms. The SMILES string of the molecule is CO[C@@H]1CNC[C@@H]1NC(=O)c1cc(C)no1. The van der Waals surface area contributed by atoms with Crippen LogP contribution in [0.1, 0.15) is 16.2 Å². The van der Waals surface area contributed by atoms with Gasteiger partial charge in [0.05, 0.1) is 17.8 Å². The topological polar surface area (TPSA) is 76.4 Å². The second-order valence-electron chi connectivity index (χ2n) is 3.84. The summed E-state index contributed by atoms with van der Waals surface area (Å²) in [4.78, 5) is 11.7. The van der Waals surface area contributed by atoms with Crippen LogP contribution in [0.2, 0.25) is 0 Å². The minimum absolute atomic E-state index is 0.00738. The molecule has 2 heterocycles. The van der Waals surface area contributed by atoms with Crippen molar-refractivity contribution in [1.82, 2.24) is 15.8 Å². The van der Waals surface area contributed by atoms with E-state index < -0.39 is 0 Å². The molecular weight excluding hydrogens is 210 g/mol. The van der Waals surface area contributed by atoms with Crippen molar-refractivity contribution in [2.45, 2.75) is 19.1 Å². The zero-order chi connectivity index (χ0) is 11.5. The summed E-state index contributed by atoms with van der Waals surface area (Å²) in [5, 5.41) is 9.67. The van der Waals surface area contributed by atoms with E-state index >= 15 is 0 Å². The van der Waals surface area contributed by atoms with Crippen LogP contribution >= 0.6 is 0 Å². The van der Waals surface area contributed by atoms with Crippen molar-refractivity contribution < 1.29 is 14.1 Å². The summed E-state index contributed by atoms with van der Waals surface area (Å²) in [6.07, 6.45) is 0.00738. The fourth-order valence-electron chi connectivity index (χ4n) is 1.76. The van der Waals surface area contributed by atoms with Crippen molar-refractivity contribution in [3.05, 3.63) is 17.5 Å². The number of hydrogen-bond donors (Lipinski definition) is 2. The molecule has 1 fully saturated rings. The van der Waals surface area contributed by atoms with Crippen molar-refractivity contribution in [2.75, 3.05) is 20.2 Å². The number of carbonyl (C=O) groups is 1. The predicted molar refractivity (Wildman–Crippen MR) is 56.2 cm³/mol. The summed E-state index contributed by atoms with van der Waals surface area (Å²) in [5.74, 6) is -0.0180. The van der Waals surface area contributed by atoms with Crippen LogP contribution in [0.5, 0.6) is 0 Å². The first-order chi connectivity index (χ1) is 7.70. The van der Waals surface area contributed by atoms with E-state index in [9.17, 15) is 4.79 Å². The normalized spacial score (nSPS) is 24.6. The van der Waals surface area contributed by atoms with Crippen molar-refractivity contribution >= 4 is 5.91 Å². The molecule has 88 valence electrons. The molecule has 1 aliphatic rings. The number of nitrogens with zero attached hydrogens (tertiary/aromatic N) is 1. The molecule has 2 atom stereocenters. The number of aromatic nitrogens is 1. The molecule has 1 amide bonds. The van der Waals surface area contributed by atoms with Crippen LogP contribution in [0.25, 0.3) is 0 Å². The van der Waals surface area contributed by atoms with Crippen LogP contribution < -0.4 is 10.6 Å². The van der Waals surface area contributed by atoms with Crippen molar-refractivity contribution in [2.24, 2.45) is 0 Å². The Morgan fingerprint density at radius 2 is 2.50 bits per heavy atom. The molecule has 0 unspecified atom stereocenters. The largest absolute Gasteiger partial charge is 0.378 e. The molecule has 0 spiro atoms. The minimum atomic E-state index is -0.253. The van der Waals surface area contributed by atoms with Crippen molar-refractivity contribution in [3.8, 4) is 0 Å². The van der Waals surface area contributed by atoms with Crippen LogP contribution in [-0.2, 0) is 4.74 Å². The standard InChI is InChI=1S/C10H15N3O3/c1-6-3-8(16-13-6)10(14)12-7-4-11-5-9(7)15-2/h3,7,9,11H,4-5H2,1-2H3,(H,12,14)/t7-,9+/m0/s1. The summed E-state index contributed by atoms with van der Waals surface area (Å²) in [6.45, 7) is 3.23. The van der Waals surface area contributed by atoms with E-state index in [4.69, 9.17) is 9.26 Å². The van der Waals surface area contributed by atoms with E-state index in [1.165, 1.54) is 0 Å². The molecule has 0 saturated carbocycles. The fourth-order valence-corrected chi connectivity index (χ4v) is 1.76. The highest BCUT2D eigenvalue weighted by atomic mass is 16.5. The predicted octanol–water partition coefficient (Wildman–Crippen LogP) is -0.300. The van der Waals surface area contributed by atoms with Gasteiger partial charge in [-0.3, -0.25) is 4.79 Å². The third kappa shape index (κ3) is 2.23. The van der Waals surface area contributed by atoms with E-state index in [0.29, 0.717) is 12.2 Å². The zero-order valence-electron chi connectivity index (χ0n) is 9.32. The van der Waals surface area contributed by atoms with Gasteiger partial charge in [0.15, 0.2) is 0 Å². The maximum Gasteiger partial charge on any atom is 0.290 e. The van der Waals surface area contributed by atoms with Crippen LogP contribution in [0.4, 0.5) is 0 Å². The van der Waals surface area contributed by atoms with Gasteiger partial charge < -0.3 is 19.9 Å². The Balaban J connectivity index is 1.97. The van der Waals surface area contributed by atoms with Gasteiger partial charge in [-0.25, -0.2) is 0 Å². The molecule has 2 N–H and O–H groups in total. The summed E-state index contributed by atoms with van der Waals surface area (Å²) in [7, 11) is 1.63. The molecule has 1 aliphatic heterocycles. The van der Waals surface area contributed by atoms with Crippen LogP contribution in [0.15, 0.2) is 10.6 Å². The summed E-state index contributed by atoms with van der Waals surface area (Å²) >= 11 is 0. The second-order valence-corrected chi connectivity index (χ2v) is 3.84. The first-order valence-electron chi connectivity index (χ1n) is 5.18. The molecular formula is C10H15N3O3. The number of nitrogens with one attached hydrogen (secondary N) is 2. The summed E-state index contributed by atoms with van der Waals surface area (Å²) in [6, 6.07) is 1.59. The number of methoxy groups -OCH3 is 1. The lowest BCUT2D eigenvalue weighted by Crippen LogP contribution is -2.43. The summed E-state index contributed by atoms with van der Waals surface area (Å²) < 4.78 is 10.1. The van der Waals surface area contributed by atoms with Crippen LogP contribution in [0.3, 0.4) is 0 Å². The molecule has 0 aliphatic carbocycles. The van der Waals surface area contributed by atoms with E-state index in [2.05, 4.69) is 15.8 Å². The van der Waals surface area contributed by atoms with Gasteiger partial charge in [-0.1, -0.05) is 5.16 Å². The number of amides is 1. The lowest BCUT2D eigenvalue weighted by atomic mass is 10.2. The molecule has 1 aromatic rings. The first-order valence-corrected chi connectivity index (χ1v) is 5.18. The molecule has 0 radical (unpaired) electrons. The Morgan fingerprint density at radius 1 is 1.69 bits per heavy atom. The van der Waals surface area contributed by atoms with Gasteiger partial charge >= 0.3 is 0 Å². The molecule has 2 rings (SSSR count). The van der Waals surface area contributed by atoms with Gasteiger partial charge in [-0.2, -0.15) is 0 Å². The van der Waals surface area contributed by atoms with E-state index in [0.717, 1.165) is 6.54 Å². The molecule has 0 bridgehead atoms. The maximum atomic E-state index is 11.7. The smallest absolute Gasteiger partial charge is 0.290 e. The Morgan fingerprint density at radius 3 is 3.12 bits per heavy atom.